The highest BCUT2D eigenvalue weighted by atomic mass is 16.4. The van der Waals surface area contributed by atoms with E-state index >= 15 is 0 Å². The number of amides is 1. The number of nitrogens with zero attached hydrogens (tertiary/aromatic N) is 2. The molecule has 1 aliphatic carbocycles. The lowest BCUT2D eigenvalue weighted by Gasteiger charge is -2.27. The molecular weight excluding hydrogens is 258 g/mol. The summed E-state index contributed by atoms with van der Waals surface area (Å²) in [7, 11) is 0. The number of carboxylic acid groups (broad SMARTS) is 1. The van der Waals surface area contributed by atoms with E-state index in [0.29, 0.717) is 18.5 Å². The van der Waals surface area contributed by atoms with E-state index in [4.69, 9.17) is 0 Å². The topological polar surface area (TPSA) is 84.2 Å². The zero-order valence-corrected chi connectivity index (χ0v) is 11.9. The van der Waals surface area contributed by atoms with Gasteiger partial charge in [0.05, 0.1) is 23.7 Å². The molecule has 0 radical (unpaired) electrons. The van der Waals surface area contributed by atoms with Crippen molar-refractivity contribution >= 4 is 17.6 Å². The zero-order chi connectivity index (χ0) is 14.7. The molecule has 6 heteroatoms. The van der Waals surface area contributed by atoms with Gasteiger partial charge in [-0.15, -0.1) is 0 Å². The van der Waals surface area contributed by atoms with E-state index in [0.717, 1.165) is 12.8 Å². The number of aromatic nitrogens is 2. The average Bonchev–Trinajstić information content (AvgIpc) is 2.87. The fraction of sp³-hybridized carbons (Fsp3) is 0.643. The molecule has 2 N–H and O–H groups in total. The second kappa shape index (κ2) is 6.07. The Morgan fingerprint density at radius 3 is 2.55 bits per heavy atom. The second-order valence-corrected chi connectivity index (χ2v) is 5.63. The van der Waals surface area contributed by atoms with Crippen LogP contribution in [0.1, 0.15) is 45.6 Å². The van der Waals surface area contributed by atoms with Crippen LogP contribution in [0.5, 0.6) is 0 Å². The van der Waals surface area contributed by atoms with E-state index < -0.39 is 17.8 Å². The van der Waals surface area contributed by atoms with E-state index in [1.165, 1.54) is 0 Å². The van der Waals surface area contributed by atoms with Crippen LogP contribution in [0.2, 0.25) is 0 Å². The highest BCUT2D eigenvalue weighted by Gasteiger charge is 2.35. The van der Waals surface area contributed by atoms with Gasteiger partial charge in [0.2, 0.25) is 5.91 Å². The number of rotatable bonds is 4. The van der Waals surface area contributed by atoms with Gasteiger partial charge < -0.3 is 10.4 Å². The maximum Gasteiger partial charge on any atom is 0.307 e. The van der Waals surface area contributed by atoms with Crippen molar-refractivity contribution in [2.45, 2.75) is 45.6 Å². The van der Waals surface area contributed by atoms with Crippen LogP contribution >= 0.6 is 0 Å². The molecule has 2 atom stereocenters. The molecule has 2 rings (SSSR count). The SMILES string of the molecule is CC(C)n1cc(NC(=O)C2CCCCC2C(=O)O)cn1. The van der Waals surface area contributed by atoms with Gasteiger partial charge in [-0.2, -0.15) is 5.10 Å². The molecule has 1 aromatic heterocycles. The van der Waals surface area contributed by atoms with Crippen molar-refractivity contribution in [3.8, 4) is 0 Å². The summed E-state index contributed by atoms with van der Waals surface area (Å²) in [6.45, 7) is 4.00. The lowest BCUT2D eigenvalue weighted by atomic mass is 9.78. The molecule has 1 amide bonds. The molecule has 1 aromatic rings. The lowest BCUT2D eigenvalue weighted by Crippen LogP contribution is -2.35. The zero-order valence-electron chi connectivity index (χ0n) is 11.9. The van der Waals surface area contributed by atoms with Gasteiger partial charge in [0, 0.05) is 12.2 Å². The van der Waals surface area contributed by atoms with Crippen LogP contribution < -0.4 is 5.32 Å². The smallest absolute Gasteiger partial charge is 0.307 e. The molecule has 110 valence electrons. The largest absolute Gasteiger partial charge is 0.481 e. The Hall–Kier alpha value is -1.85. The van der Waals surface area contributed by atoms with Crippen LogP contribution in [0.15, 0.2) is 12.4 Å². The van der Waals surface area contributed by atoms with Crippen molar-refractivity contribution in [3.63, 3.8) is 0 Å². The van der Waals surface area contributed by atoms with Gasteiger partial charge in [0.15, 0.2) is 0 Å². The number of carbonyl (C=O) groups excluding carboxylic acids is 1. The number of carbonyl (C=O) groups is 2. The first-order valence-electron chi connectivity index (χ1n) is 7.07. The predicted molar refractivity (Wildman–Crippen MR) is 74.3 cm³/mol. The summed E-state index contributed by atoms with van der Waals surface area (Å²) in [5, 5.41) is 16.1. The first-order valence-corrected chi connectivity index (χ1v) is 7.07. The van der Waals surface area contributed by atoms with Gasteiger partial charge in [-0.05, 0) is 26.7 Å². The number of aliphatic carboxylic acids is 1. The van der Waals surface area contributed by atoms with Crippen molar-refractivity contribution < 1.29 is 14.7 Å². The van der Waals surface area contributed by atoms with Gasteiger partial charge in [0.1, 0.15) is 0 Å². The first-order chi connectivity index (χ1) is 9.49. The predicted octanol–water partition coefficient (Wildman–Crippen LogP) is 2.29. The molecule has 1 saturated carbocycles. The van der Waals surface area contributed by atoms with Gasteiger partial charge >= 0.3 is 5.97 Å². The van der Waals surface area contributed by atoms with Crippen molar-refractivity contribution in [1.82, 2.24) is 9.78 Å². The molecule has 0 saturated heterocycles. The van der Waals surface area contributed by atoms with Gasteiger partial charge in [-0.3, -0.25) is 14.3 Å². The Bertz CT molecular complexity index is 496. The third kappa shape index (κ3) is 3.18. The molecule has 0 aliphatic heterocycles. The fourth-order valence-electron chi connectivity index (χ4n) is 2.66. The third-order valence-electron chi connectivity index (χ3n) is 3.82. The van der Waals surface area contributed by atoms with Crippen molar-refractivity contribution in [2.75, 3.05) is 5.32 Å². The van der Waals surface area contributed by atoms with Crippen LogP contribution in [0.4, 0.5) is 5.69 Å². The summed E-state index contributed by atoms with van der Waals surface area (Å²) >= 11 is 0. The Balaban J connectivity index is 2.04. The molecule has 1 heterocycles. The fourth-order valence-corrected chi connectivity index (χ4v) is 2.66. The summed E-state index contributed by atoms with van der Waals surface area (Å²) in [5.41, 5.74) is 0.624. The minimum absolute atomic E-state index is 0.208. The standard InChI is InChI=1S/C14H21N3O3/c1-9(2)17-8-10(7-15-17)16-13(18)11-5-3-4-6-12(11)14(19)20/h7-9,11-12H,3-6H2,1-2H3,(H,16,18)(H,19,20). The molecule has 2 unspecified atom stereocenters. The van der Waals surface area contributed by atoms with Crippen molar-refractivity contribution in [3.05, 3.63) is 12.4 Å². The quantitative estimate of drug-likeness (QED) is 0.885. The molecule has 6 nitrogen and oxygen atoms in total. The van der Waals surface area contributed by atoms with Crippen LogP contribution in [0.3, 0.4) is 0 Å². The average molecular weight is 279 g/mol. The summed E-state index contributed by atoms with van der Waals surface area (Å²) in [4.78, 5) is 23.5. The van der Waals surface area contributed by atoms with Gasteiger partial charge in [0.25, 0.3) is 0 Å². The van der Waals surface area contributed by atoms with Crippen molar-refractivity contribution in [1.29, 1.82) is 0 Å². The summed E-state index contributed by atoms with van der Waals surface area (Å²) in [5.74, 6) is -2.09. The number of anilines is 1. The second-order valence-electron chi connectivity index (χ2n) is 5.63. The minimum Gasteiger partial charge on any atom is -0.481 e. The first kappa shape index (κ1) is 14.6. The van der Waals surface area contributed by atoms with E-state index in [1.54, 1.807) is 17.1 Å². The lowest BCUT2D eigenvalue weighted by molar-refractivity contribution is -0.147. The number of nitrogens with one attached hydrogen (secondary N) is 1. The van der Waals surface area contributed by atoms with Crippen LogP contribution in [-0.4, -0.2) is 26.8 Å². The maximum atomic E-state index is 12.2. The Labute approximate surface area is 118 Å². The van der Waals surface area contributed by atoms with E-state index in [1.807, 2.05) is 13.8 Å². The molecule has 0 aromatic carbocycles. The van der Waals surface area contributed by atoms with Gasteiger partial charge in [-0.25, -0.2) is 0 Å². The van der Waals surface area contributed by atoms with Crippen LogP contribution in [0, 0.1) is 11.8 Å². The molecular formula is C14H21N3O3. The third-order valence-corrected chi connectivity index (χ3v) is 3.82. The van der Waals surface area contributed by atoms with E-state index in [9.17, 15) is 14.7 Å². The van der Waals surface area contributed by atoms with E-state index in [-0.39, 0.29) is 11.9 Å². The molecule has 0 bridgehead atoms. The highest BCUT2D eigenvalue weighted by Crippen LogP contribution is 2.31. The van der Waals surface area contributed by atoms with Gasteiger partial charge in [-0.1, -0.05) is 12.8 Å². The van der Waals surface area contributed by atoms with Crippen LogP contribution in [0.25, 0.3) is 0 Å². The van der Waals surface area contributed by atoms with E-state index in [2.05, 4.69) is 10.4 Å². The summed E-state index contributed by atoms with van der Waals surface area (Å²) in [6, 6.07) is 0.224. The summed E-state index contributed by atoms with van der Waals surface area (Å²) < 4.78 is 1.76. The van der Waals surface area contributed by atoms with Crippen molar-refractivity contribution in [2.24, 2.45) is 11.8 Å². The number of carboxylic acids is 1. The molecule has 1 aliphatic rings. The molecule has 20 heavy (non-hydrogen) atoms. The minimum atomic E-state index is -0.872. The number of hydrogen-bond acceptors (Lipinski definition) is 3. The summed E-state index contributed by atoms with van der Waals surface area (Å²) in [6.07, 6.45) is 6.37. The Morgan fingerprint density at radius 2 is 2.00 bits per heavy atom. The molecule has 1 fully saturated rings. The Morgan fingerprint density at radius 1 is 1.35 bits per heavy atom. The normalized spacial score (nSPS) is 22.8. The molecule has 0 spiro atoms. The monoisotopic (exact) mass is 279 g/mol. The Kier molecular flexibility index (Phi) is 4.42. The maximum absolute atomic E-state index is 12.2. The number of hydrogen-bond donors (Lipinski definition) is 2. The highest BCUT2D eigenvalue weighted by molar-refractivity contribution is 5.95. The van der Waals surface area contributed by atoms with Crippen LogP contribution in [-0.2, 0) is 9.59 Å².